The van der Waals surface area contributed by atoms with E-state index in [2.05, 4.69) is 36.0 Å². The highest BCUT2D eigenvalue weighted by Crippen LogP contribution is 2.28. The van der Waals surface area contributed by atoms with Crippen LogP contribution in [0.2, 0.25) is 0 Å². The van der Waals surface area contributed by atoms with Crippen LogP contribution in [0.3, 0.4) is 0 Å². The molecule has 0 atom stereocenters. The third kappa shape index (κ3) is 7.08. The number of nitrogens with one attached hydrogen (secondary N) is 1. The topological polar surface area (TPSA) is 72.1 Å². The Morgan fingerprint density at radius 1 is 1.21 bits per heavy atom. The van der Waals surface area contributed by atoms with E-state index in [0.717, 1.165) is 49.7 Å². The molecule has 0 aliphatic carbocycles. The van der Waals surface area contributed by atoms with Crippen molar-refractivity contribution < 1.29 is 9.47 Å². The highest BCUT2D eigenvalue weighted by molar-refractivity contribution is 5.77. The van der Waals surface area contributed by atoms with Crippen molar-refractivity contribution >= 4 is 5.96 Å². The van der Waals surface area contributed by atoms with E-state index in [0.29, 0.717) is 19.1 Å². The minimum Gasteiger partial charge on any atom is -0.493 e. The van der Waals surface area contributed by atoms with Crippen molar-refractivity contribution in [2.24, 2.45) is 10.7 Å². The van der Waals surface area contributed by atoms with Crippen LogP contribution in [0.25, 0.3) is 0 Å². The Kier molecular flexibility index (Phi) is 9.68. The van der Waals surface area contributed by atoms with Gasteiger partial charge in [0.2, 0.25) is 0 Å². The van der Waals surface area contributed by atoms with Gasteiger partial charge < -0.3 is 25.4 Å². The number of likely N-dealkylation sites (N-methyl/N-ethyl adjacent to an activating group) is 1. The van der Waals surface area contributed by atoms with Gasteiger partial charge in [0.15, 0.2) is 17.5 Å². The van der Waals surface area contributed by atoms with Crippen LogP contribution in [-0.2, 0) is 6.54 Å². The molecular formula is C18H32N4O2. The first kappa shape index (κ1) is 20.1. The summed E-state index contributed by atoms with van der Waals surface area (Å²) < 4.78 is 11.3. The Labute approximate surface area is 146 Å². The predicted octanol–water partition coefficient (Wildman–Crippen LogP) is 2.23. The summed E-state index contributed by atoms with van der Waals surface area (Å²) >= 11 is 0. The quantitative estimate of drug-likeness (QED) is 0.479. The van der Waals surface area contributed by atoms with Crippen LogP contribution in [0.5, 0.6) is 11.5 Å². The molecule has 0 bridgehead atoms. The summed E-state index contributed by atoms with van der Waals surface area (Å²) in [5, 5.41) is 3.06. The molecule has 1 aromatic rings. The van der Waals surface area contributed by atoms with E-state index in [1.165, 1.54) is 0 Å². The molecule has 24 heavy (non-hydrogen) atoms. The van der Waals surface area contributed by atoms with E-state index in [-0.39, 0.29) is 0 Å². The number of rotatable bonds is 11. The molecule has 1 rings (SSSR count). The standard InChI is InChI=1S/C18H32N4O2/c1-5-10-20-18(19)21-14-15-8-9-16(17(13-15)23-4)24-12-11-22(6-2)7-3/h8-9,13H,5-7,10-12,14H2,1-4H3,(H3,19,20,21). The molecule has 0 aromatic heterocycles. The van der Waals surface area contributed by atoms with Crippen molar-refractivity contribution in [1.82, 2.24) is 10.2 Å². The molecule has 0 radical (unpaired) electrons. The molecule has 0 saturated carbocycles. The summed E-state index contributed by atoms with van der Waals surface area (Å²) in [7, 11) is 1.65. The Bertz CT molecular complexity index is 502. The molecule has 1 aromatic carbocycles. The fourth-order valence-corrected chi connectivity index (χ4v) is 2.24. The molecule has 0 fully saturated rings. The smallest absolute Gasteiger partial charge is 0.188 e. The Morgan fingerprint density at radius 2 is 1.96 bits per heavy atom. The third-order valence-electron chi connectivity index (χ3n) is 3.78. The van der Waals surface area contributed by atoms with E-state index >= 15 is 0 Å². The zero-order chi connectivity index (χ0) is 17.8. The molecule has 0 amide bonds. The molecule has 0 aliphatic heterocycles. The number of nitrogens with two attached hydrogens (primary N) is 1. The number of aliphatic imine (C=N–C) groups is 1. The summed E-state index contributed by atoms with van der Waals surface area (Å²) in [6, 6.07) is 5.87. The molecule has 0 spiro atoms. The first-order valence-corrected chi connectivity index (χ1v) is 8.70. The number of ether oxygens (including phenoxy) is 2. The maximum atomic E-state index is 5.86. The number of hydrogen-bond donors (Lipinski definition) is 2. The average Bonchev–Trinajstić information content (AvgIpc) is 2.62. The lowest BCUT2D eigenvalue weighted by Crippen LogP contribution is -2.32. The number of methoxy groups -OCH3 is 1. The highest BCUT2D eigenvalue weighted by Gasteiger charge is 2.07. The van der Waals surface area contributed by atoms with Gasteiger partial charge in [0.05, 0.1) is 13.7 Å². The van der Waals surface area contributed by atoms with Crippen molar-refractivity contribution in [3.8, 4) is 11.5 Å². The van der Waals surface area contributed by atoms with E-state index in [9.17, 15) is 0 Å². The molecule has 0 unspecified atom stereocenters. The average molecular weight is 336 g/mol. The minimum absolute atomic E-state index is 0.468. The predicted molar refractivity (Wildman–Crippen MR) is 99.9 cm³/mol. The van der Waals surface area contributed by atoms with Gasteiger partial charge in [-0.15, -0.1) is 0 Å². The highest BCUT2D eigenvalue weighted by atomic mass is 16.5. The molecule has 136 valence electrons. The van der Waals surface area contributed by atoms with Gasteiger partial charge in [-0.3, -0.25) is 0 Å². The first-order chi connectivity index (χ1) is 11.6. The Balaban J connectivity index is 2.61. The van der Waals surface area contributed by atoms with Gasteiger partial charge in [-0.2, -0.15) is 0 Å². The lowest BCUT2D eigenvalue weighted by molar-refractivity contribution is 0.217. The van der Waals surface area contributed by atoms with Crippen molar-refractivity contribution in [3.05, 3.63) is 23.8 Å². The summed E-state index contributed by atoms with van der Waals surface area (Å²) in [4.78, 5) is 6.65. The van der Waals surface area contributed by atoms with Crippen LogP contribution >= 0.6 is 0 Å². The monoisotopic (exact) mass is 336 g/mol. The fraction of sp³-hybridized carbons (Fsp3) is 0.611. The van der Waals surface area contributed by atoms with Crippen LogP contribution < -0.4 is 20.5 Å². The van der Waals surface area contributed by atoms with Crippen LogP contribution in [-0.4, -0.2) is 50.8 Å². The Hall–Kier alpha value is -1.95. The number of hydrogen-bond acceptors (Lipinski definition) is 4. The van der Waals surface area contributed by atoms with Crippen molar-refractivity contribution in [1.29, 1.82) is 0 Å². The summed E-state index contributed by atoms with van der Waals surface area (Å²) in [6.07, 6.45) is 1.02. The Morgan fingerprint density at radius 3 is 2.58 bits per heavy atom. The van der Waals surface area contributed by atoms with Crippen LogP contribution in [0.15, 0.2) is 23.2 Å². The molecule has 0 aliphatic rings. The lowest BCUT2D eigenvalue weighted by Gasteiger charge is -2.18. The van der Waals surface area contributed by atoms with Crippen molar-refractivity contribution in [2.75, 3.05) is 39.9 Å². The zero-order valence-electron chi connectivity index (χ0n) is 15.5. The normalized spacial score (nSPS) is 11.6. The van der Waals surface area contributed by atoms with E-state index < -0.39 is 0 Å². The summed E-state index contributed by atoms with van der Waals surface area (Å²) in [5.74, 6) is 1.95. The molecule has 0 heterocycles. The van der Waals surface area contributed by atoms with Gasteiger partial charge in [0.25, 0.3) is 0 Å². The molecule has 6 heteroatoms. The van der Waals surface area contributed by atoms with Crippen LogP contribution in [0, 0.1) is 0 Å². The van der Waals surface area contributed by atoms with Crippen molar-refractivity contribution in [2.45, 2.75) is 33.7 Å². The second-order valence-corrected chi connectivity index (χ2v) is 5.49. The largest absolute Gasteiger partial charge is 0.493 e. The lowest BCUT2D eigenvalue weighted by atomic mass is 10.2. The number of guanidine groups is 1. The maximum Gasteiger partial charge on any atom is 0.188 e. The summed E-state index contributed by atoms with van der Waals surface area (Å²) in [5.41, 5.74) is 6.84. The number of nitrogens with zero attached hydrogens (tertiary/aromatic N) is 2. The molecule has 0 saturated heterocycles. The van der Waals surface area contributed by atoms with E-state index in [1.54, 1.807) is 7.11 Å². The SMILES string of the molecule is CCCNC(N)=NCc1ccc(OCCN(CC)CC)c(OC)c1. The minimum atomic E-state index is 0.468. The maximum absolute atomic E-state index is 5.86. The van der Waals surface area contributed by atoms with Gasteiger partial charge in [-0.25, -0.2) is 4.99 Å². The molecule has 6 nitrogen and oxygen atoms in total. The van der Waals surface area contributed by atoms with Gasteiger partial charge in [0, 0.05) is 13.1 Å². The van der Waals surface area contributed by atoms with Gasteiger partial charge >= 0.3 is 0 Å². The van der Waals surface area contributed by atoms with Gasteiger partial charge in [-0.1, -0.05) is 26.8 Å². The molecule has 3 N–H and O–H groups in total. The van der Waals surface area contributed by atoms with E-state index in [4.69, 9.17) is 15.2 Å². The molecular weight excluding hydrogens is 304 g/mol. The van der Waals surface area contributed by atoms with Gasteiger partial charge in [0.1, 0.15) is 6.61 Å². The zero-order valence-corrected chi connectivity index (χ0v) is 15.5. The van der Waals surface area contributed by atoms with Gasteiger partial charge in [-0.05, 0) is 37.2 Å². The van der Waals surface area contributed by atoms with Crippen molar-refractivity contribution in [3.63, 3.8) is 0 Å². The van der Waals surface area contributed by atoms with Crippen LogP contribution in [0.1, 0.15) is 32.8 Å². The fourth-order valence-electron chi connectivity index (χ4n) is 2.24. The third-order valence-corrected chi connectivity index (χ3v) is 3.78. The summed E-state index contributed by atoms with van der Waals surface area (Å²) in [6.45, 7) is 11.3. The second-order valence-electron chi connectivity index (χ2n) is 5.49. The number of benzene rings is 1. The van der Waals surface area contributed by atoms with Crippen LogP contribution in [0.4, 0.5) is 0 Å². The first-order valence-electron chi connectivity index (χ1n) is 8.70. The van der Waals surface area contributed by atoms with E-state index in [1.807, 2.05) is 18.2 Å². The second kappa shape index (κ2) is 11.6.